The molecule has 2 rings (SSSR count). The number of thiocarbonyl (C=S) groups is 1. The third-order valence-electron chi connectivity index (χ3n) is 3.91. The number of hydrogen-bond donors (Lipinski definition) is 1. The molecule has 0 fully saturated rings. The van der Waals surface area contributed by atoms with E-state index in [1.807, 2.05) is 0 Å². The zero-order chi connectivity index (χ0) is 26.0. The van der Waals surface area contributed by atoms with Gasteiger partial charge in [0.05, 0.1) is 6.42 Å². The third kappa shape index (κ3) is 8.44. The van der Waals surface area contributed by atoms with Crippen molar-refractivity contribution in [2.75, 3.05) is 6.61 Å². The summed E-state index contributed by atoms with van der Waals surface area (Å²) in [5, 5.41) is 21.7. The molecule has 0 aliphatic heterocycles. The second-order valence-corrected chi connectivity index (χ2v) is 6.74. The number of carbonyl (C=O) groups excluding carboxylic acids is 2. The van der Waals surface area contributed by atoms with Crippen LogP contribution in [0.5, 0.6) is 11.5 Å². The molecular formula is C18H14N6O10S. The van der Waals surface area contributed by atoms with Gasteiger partial charge in [-0.2, -0.15) is 0 Å². The second-order valence-electron chi connectivity index (χ2n) is 6.30. The molecule has 0 radical (unpaired) electrons. The molecule has 2 aromatic carbocycles. The predicted molar refractivity (Wildman–Crippen MR) is 118 cm³/mol. The Balaban J connectivity index is 2.24. The third-order valence-corrected chi connectivity index (χ3v) is 4.15. The minimum atomic E-state index is -1.67. The molecule has 1 unspecified atom stereocenters. The van der Waals surface area contributed by atoms with Gasteiger partial charge in [0.15, 0.2) is 0 Å². The average molecular weight is 506 g/mol. The molecular weight excluding hydrogens is 492 g/mol. The van der Waals surface area contributed by atoms with Crippen molar-refractivity contribution in [1.29, 1.82) is 0 Å². The SMILES string of the molecule is [N-]=[N+]=Nc1ccc(OC(=O)CC(CO[N+](=O)[O-])O[N+](=O)[O-])c(C(=O)Oc2ccc(C(N)=S)cc2)c1. The summed E-state index contributed by atoms with van der Waals surface area (Å²) in [6.07, 6.45) is -2.52. The Bertz CT molecular complexity index is 1200. The highest BCUT2D eigenvalue weighted by molar-refractivity contribution is 7.80. The van der Waals surface area contributed by atoms with E-state index < -0.39 is 41.2 Å². The number of nitrogens with zero attached hydrogens (tertiary/aromatic N) is 5. The van der Waals surface area contributed by atoms with E-state index in [9.17, 15) is 29.8 Å². The quantitative estimate of drug-likeness (QED) is 0.0639. The number of hydrogen-bond acceptors (Lipinski definition) is 12. The molecule has 0 saturated heterocycles. The van der Waals surface area contributed by atoms with Gasteiger partial charge in [0.25, 0.3) is 10.2 Å². The van der Waals surface area contributed by atoms with E-state index in [-0.39, 0.29) is 27.7 Å². The van der Waals surface area contributed by atoms with E-state index >= 15 is 0 Å². The summed E-state index contributed by atoms with van der Waals surface area (Å²) in [5.74, 6) is -2.44. The van der Waals surface area contributed by atoms with Gasteiger partial charge in [-0.1, -0.05) is 17.3 Å². The van der Waals surface area contributed by atoms with Crippen LogP contribution in [0, 0.1) is 20.2 Å². The first-order chi connectivity index (χ1) is 16.6. The van der Waals surface area contributed by atoms with E-state index in [1.54, 1.807) is 0 Å². The Morgan fingerprint density at radius 1 is 1.11 bits per heavy atom. The van der Waals surface area contributed by atoms with Crippen LogP contribution in [0.3, 0.4) is 0 Å². The van der Waals surface area contributed by atoms with Crippen molar-refractivity contribution in [3.8, 4) is 11.5 Å². The van der Waals surface area contributed by atoms with E-state index in [4.69, 9.17) is 33.0 Å². The lowest BCUT2D eigenvalue weighted by atomic mass is 10.1. The standard InChI is InChI=1S/C18H14N6O10S/c19-17(35)10-1-4-12(5-2-10)32-18(26)14-7-11(21-22-20)3-6-15(14)33-16(25)8-13(34-24(29)30)9-31-23(27)28/h1-7,13H,8-9H2,(H2,19,35). The zero-order valence-electron chi connectivity index (χ0n) is 17.3. The number of carbonyl (C=O) groups is 2. The highest BCUT2D eigenvalue weighted by atomic mass is 32.1. The lowest BCUT2D eigenvalue weighted by molar-refractivity contribution is -0.789. The van der Waals surface area contributed by atoms with Crippen LogP contribution in [-0.4, -0.2) is 39.8 Å². The van der Waals surface area contributed by atoms with Crippen molar-refractivity contribution in [2.45, 2.75) is 12.5 Å². The smallest absolute Gasteiger partial charge is 0.347 e. The minimum absolute atomic E-state index is 0.0166. The summed E-state index contributed by atoms with van der Waals surface area (Å²) in [5.41, 5.74) is 14.3. The average Bonchev–Trinajstić information content (AvgIpc) is 2.78. The first kappa shape index (κ1) is 26.2. The maximum Gasteiger partial charge on any atom is 0.347 e. The predicted octanol–water partition coefficient (Wildman–Crippen LogP) is 2.56. The van der Waals surface area contributed by atoms with Crippen LogP contribution < -0.4 is 15.2 Å². The Kier molecular flexibility index (Phi) is 9.21. The molecule has 0 aromatic heterocycles. The summed E-state index contributed by atoms with van der Waals surface area (Å²) in [6.45, 7) is -0.934. The first-order valence-electron chi connectivity index (χ1n) is 9.19. The van der Waals surface area contributed by atoms with Gasteiger partial charge in [-0.05, 0) is 48.0 Å². The number of rotatable bonds is 12. The maximum atomic E-state index is 12.7. The van der Waals surface area contributed by atoms with E-state index in [2.05, 4.69) is 19.7 Å². The molecule has 16 nitrogen and oxygen atoms in total. The molecule has 0 saturated carbocycles. The Morgan fingerprint density at radius 3 is 2.37 bits per heavy atom. The molecule has 0 aliphatic rings. The maximum absolute atomic E-state index is 12.7. The summed E-state index contributed by atoms with van der Waals surface area (Å²) >= 11 is 4.84. The van der Waals surface area contributed by atoms with Crippen molar-refractivity contribution in [2.24, 2.45) is 10.8 Å². The Labute approximate surface area is 200 Å². The van der Waals surface area contributed by atoms with Gasteiger partial charge >= 0.3 is 11.9 Å². The molecule has 0 aliphatic carbocycles. The van der Waals surface area contributed by atoms with Gasteiger partial charge in [-0.15, -0.1) is 20.2 Å². The molecule has 2 aromatic rings. The number of azide groups is 1. The summed E-state index contributed by atoms with van der Waals surface area (Å²) < 4.78 is 10.3. The monoisotopic (exact) mass is 506 g/mol. The van der Waals surface area contributed by atoms with Gasteiger partial charge < -0.3 is 24.9 Å². The number of nitrogens with two attached hydrogens (primary N) is 1. The van der Waals surface area contributed by atoms with E-state index in [1.165, 1.54) is 30.3 Å². The van der Waals surface area contributed by atoms with Crippen LogP contribution in [0.2, 0.25) is 0 Å². The highest BCUT2D eigenvalue weighted by Crippen LogP contribution is 2.27. The number of benzene rings is 2. The zero-order valence-corrected chi connectivity index (χ0v) is 18.2. The molecule has 0 heterocycles. The Hall–Kier alpha value is -5.02. The van der Waals surface area contributed by atoms with E-state index in [0.717, 1.165) is 12.1 Å². The molecule has 0 bridgehead atoms. The molecule has 0 amide bonds. The van der Waals surface area contributed by atoms with Crippen LogP contribution in [0.25, 0.3) is 10.4 Å². The normalized spacial score (nSPS) is 10.7. The van der Waals surface area contributed by atoms with Gasteiger partial charge in [0.1, 0.15) is 34.8 Å². The van der Waals surface area contributed by atoms with Crippen molar-refractivity contribution in [3.63, 3.8) is 0 Å². The summed E-state index contributed by atoms with van der Waals surface area (Å²) in [7, 11) is 0. The largest absolute Gasteiger partial charge is 0.426 e. The lowest BCUT2D eigenvalue weighted by Gasteiger charge is -2.14. The van der Waals surface area contributed by atoms with Crippen LogP contribution in [-0.2, 0) is 14.5 Å². The molecule has 1 atom stereocenters. The highest BCUT2D eigenvalue weighted by Gasteiger charge is 2.24. The van der Waals surface area contributed by atoms with Crippen molar-refractivity contribution in [1.82, 2.24) is 0 Å². The summed E-state index contributed by atoms with van der Waals surface area (Å²) in [4.78, 5) is 56.8. The van der Waals surface area contributed by atoms with Gasteiger partial charge in [-0.3, -0.25) is 4.79 Å². The molecule has 35 heavy (non-hydrogen) atoms. The fourth-order valence-electron chi connectivity index (χ4n) is 2.47. The number of esters is 2. The fourth-order valence-corrected chi connectivity index (χ4v) is 2.61. The first-order valence-corrected chi connectivity index (χ1v) is 9.60. The van der Waals surface area contributed by atoms with Crippen LogP contribution in [0.15, 0.2) is 47.6 Å². The second kappa shape index (κ2) is 12.3. The Morgan fingerprint density at radius 2 is 1.80 bits per heavy atom. The van der Waals surface area contributed by atoms with Crippen LogP contribution in [0.4, 0.5) is 5.69 Å². The molecule has 182 valence electrons. The lowest BCUT2D eigenvalue weighted by Crippen LogP contribution is -2.29. The van der Waals surface area contributed by atoms with Crippen molar-refractivity contribution >= 4 is 34.8 Å². The fraction of sp³-hybridized carbons (Fsp3) is 0.167. The molecule has 17 heteroatoms. The van der Waals surface area contributed by atoms with E-state index in [0.29, 0.717) is 5.56 Å². The van der Waals surface area contributed by atoms with Crippen molar-refractivity contribution in [3.05, 3.63) is 84.3 Å². The summed E-state index contributed by atoms with van der Waals surface area (Å²) in [6, 6.07) is 9.24. The number of ether oxygens (including phenoxy) is 2. The molecule has 2 N–H and O–H groups in total. The van der Waals surface area contributed by atoms with Crippen LogP contribution >= 0.6 is 12.2 Å². The topological polar surface area (TPSA) is 232 Å². The van der Waals surface area contributed by atoms with Gasteiger partial charge in [0.2, 0.25) is 0 Å². The molecule has 0 spiro atoms. The van der Waals surface area contributed by atoms with Gasteiger partial charge in [0, 0.05) is 16.2 Å². The van der Waals surface area contributed by atoms with Crippen molar-refractivity contribution < 1.29 is 38.9 Å². The van der Waals surface area contributed by atoms with Gasteiger partial charge in [-0.25, -0.2) is 4.79 Å². The van der Waals surface area contributed by atoms with Crippen LogP contribution in [0.1, 0.15) is 22.3 Å². The minimum Gasteiger partial charge on any atom is -0.426 e.